The van der Waals surface area contributed by atoms with Crippen molar-refractivity contribution in [3.8, 4) is 0 Å². The Morgan fingerprint density at radius 2 is 2.00 bits per heavy atom. The summed E-state index contributed by atoms with van der Waals surface area (Å²) in [4.78, 5) is 4.91. The fourth-order valence-corrected chi connectivity index (χ4v) is 2.79. The van der Waals surface area contributed by atoms with E-state index >= 15 is 0 Å². The normalized spacial score (nSPS) is 17.6. The number of hydrogen-bond donors (Lipinski definition) is 0. The average Bonchev–Trinajstić information content (AvgIpc) is 2.69. The minimum Gasteiger partial charge on any atom is -0.354 e. The van der Waals surface area contributed by atoms with E-state index in [9.17, 15) is 0 Å². The van der Waals surface area contributed by atoms with Crippen LogP contribution in [0, 0.1) is 6.92 Å². The van der Waals surface area contributed by atoms with E-state index in [4.69, 9.17) is 0 Å². The van der Waals surface area contributed by atoms with Crippen LogP contribution in [-0.2, 0) is 0 Å². The highest BCUT2D eigenvalue weighted by Crippen LogP contribution is 2.15. The third-order valence-electron chi connectivity index (χ3n) is 3.86. The zero-order valence-electron chi connectivity index (χ0n) is 12.3. The van der Waals surface area contributed by atoms with Crippen LogP contribution in [0.5, 0.6) is 0 Å². The highest BCUT2D eigenvalue weighted by molar-refractivity contribution is 5.45. The lowest BCUT2D eigenvalue weighted by atomic mass is 10.3. The van der Waals surface area contributed by atoms with Crippen LogP contribution < -0.4 is 4.90 Å². The fraction of sp³-hybridized carbons (Fsp3) is 0.643. The minimum absolute atomic E-state index is 0.814. The van der Waals surface area contributed by atoms with Gasteiger partial charge in [-0.25, -0.2) is 0 Å². The fourth-order valence-electron chi connectivity index (χ4n) is 2.79. The summed E-state index contributed by atoms with van der Waals surface area (Å²) in [7, 11) is 0. The molecule has 2 aromatic heterocycles. The highest BCUT2D eigenvalue weighted by Gasteiger charge is 2.16. The van der Waals surface area contributed by atoms with Crippen LogP contribution in [0.4, 0.5) is 5.82 Å². The van der Waals surface area contributed by atoms with Gasteiger partial charge in [0.05, 0.1) is 0 Å². The average molecular weight is 274 g/mol. The van der Waals surface area contributed by atoms with Gasteiger partial charge in [-0.3, -0.25) is 0 Å². The van der Waals surface area contributed by atoms with Gasteiger partial charge in [-0.1, -0.05) is 6.92 Å². The Morgan fingerprint density at radius 3 is 2.85 bits per heavy atom. The molecule has 0 saturated carbocycles. The molecule has 1 fully saturated rings. The largest absolute Gasteiger partial charge is 0.354 e. The van der Waals surface area contributed by atoms with Crippen molar-refractivity contribution >= 4 is 11.5 Å². The lowest BCUT2D eigenvalue weighted by Gasteiger charge is -2.22. The predicted molar refractivity (Wildman–Crippen MR) is 79.1 cm³/mol. The summed E-state index contributed by atoms with van der Waals surface area (Å²) in [5, 5.41) is 12.8. The van der Waals surface area contributed by atoms with Crippen molar-refractivity contribution in [2.45, 2.75) is 26.7 Å². The Morgan fingerprint density at radius 1 is 1.10 bits per heavy atom. The molecule has 0 atom stereocenters. The molecular formula is C14H22N6. The summed E-state index contributed by atoms with van der Waals surface area (Å²) in [5.74, 6) is 1.86. The summed E-state index contributed by atoms with van der Waals surface area (Å²) in [6.45, 7) is 9.80. The molecule has 3 heterocycles. The van der Waals surface area contributed by atoms with Crippen LogP contribution in [0.2, 0.25) is 0 Å². The van der Waals surface area contributed by atoms with Gasteiger partial charge in [0, 0.05) is 19.6 Å². The molecular weight excluding hydrogens is 252 g/mol. The van der Waals surface area contributed by atoms with Crippen molar-refractivity contribution in [2.24, 2.45) is 0 Å². The standard InChI is InChI=1S/C14H22N6/c1-3-7-18-8-4-9-19(11-10-18)14-6-5-13-16-15-12(2)20(13)17-14/h5-6H,3-4,7-11H2,1-2H3. The number of aryl methyl sites for hydroxylation is 1. The molecule has 0 amide bonds. The molecule has 0 spiro atoms. The number of fused-ring (bicyclic) bond motifs is 1. The number of nitrogens with zero attached hydrogens (tertiary/aromatic N) is 6. The van der Waals surface area contributed by atoms with E-state index < -0.39 is 0 Å². The number of anilines is 1. The minimum atomic E-state index is 0.814. The number of hydrogen-bond acceptors (Lipinski definition) is 5. The van der Waals surface area contributed by atoms with Crippen LogP contribution in [0.3, 0.4) is 0 Å². The van der Waals surface area contributed by atoms with E-state index in [1.54, 1.807) is 0 Å². The van der Waals surface area contributed by atoms with E-state index in [2.05, 4.69) is 38.1 Å². The third-order valence-corrected chi connectivity index (χ3v) is 3.86. The van der Waals surface area contributed by atoms with Crippen LogP contribution in [0.15, 0.2) is 12.1 Å². The Kier molecular flexibility index (Phi) is 3.82. The quantitative estimate of drug-likeness (QED) is 0.845. The van der Waals surface area contributed by atoms with Gasteiger partial charge >= 0.3 is 0 Å². The number of aromatic nitrogens is 4. The molecule has 2 aromatic rings. The SMILES string of the molecule is CCCN1CCCN(c2ccc3nnc(C)n3n2)CC1. The van der Waals surface area contributed by atoms with Gasteiger partial charge in [-0.15, -0.1) is 15.3 Å². The molecule has 1 aliphatic heterocycles. The Bertz CT molecular complexity index is 578. The van der Waals surface area contributed by atoms with E-state index in [0.717, 1.165) is 36.9 Å². The highest BCUT2D eigenvalue weighted by atomic mass is 15.4. The molecule has 20 heavy (non-hydrogen) atoms. The first kappa shape index (κ1) is 13.3. The van der Waals surface area contributed by atoms with Gasteiger partial charge in [-0.2, -0.15) is 4.52 Å². The summed E-state index contributed by atoms with van der Waals surface area (Å²) >= 11 is 0. The number of rotatable bonds is 3. The maximum Gasteiger partial charge on any atom is 0.178 e. The smallest absolute Gasteiger partial charge is 0.178 e. The Balaban J connectivity index is 1.78. The van der Waals surface area contributed by atoms with Crippen molar-refractivity contribution in [1.29, 1.82) is 0 Å². The van der Waals surface area contributed by atoms with Crippen LogP contribution >= 0.6 is 0 Å². The molecule has 0 aromatic carbocycles. The third kappa shape index (κ3) is 2.60. The second kappa shape index (κ2) is 5.75. The Labute approximate surface area is 119 Å². The maximum atomic E-state index is 4.67. The van der Waals surface area contributed by atoms with Crippen molar-refractivity contribution in [1.82, 2.24) is 24.7 Å². The van der Waals surface area contributed by atoms with Crippen molar-refractivity contribution < 1.29 is 0 Å². The van der Waals surface area contributed by atoms with Crippen molar-refractivity contribution in [2.75, 3.05) is 37.6 Å². The van der Waals surface area contributed by atoms with E-state index in [-0.39, 0.29) is 0 Å². The summed E-state index contributed by atoms with van der Waals surface area (Å²) in [6, 6.07) is 4.05. The van der Waals surface area contributed by atoms with Gasteiger partial charge in [0.2, 0.25) is 0 Å². The topological polar surface area (TPSA) is 49.6 Å². The molecule has 6 heteroatoms. The summed E-state index contributed by atoms with van der Waals surface area (Å²) < 4.78 is 1.82. The maximum absolute atomic E-state index is 4.67. The molecule has 6 nitrogen and oxygen atoms in total. The second-order valence-electron chi connectivity index (χ2n) is 5.39. The predicted octanol–water partition coefficient (Wildman–Crippen LogP) is 1.35. The Hall–Kier alpha value is -1.69. The van der Waals surface area contributed by atoms with Crippen LogP contribution in [0.25, 0.3) is 5.65 Å². The van der Waals surface area contributed by atoms with Crippen molar-refractivity contribution in [3.63, 3.8) is 0 Å². The van der Waals surface area contributed by atoms with Crippen LogP contribution in [-0.4, -0.2) is 57.4 Å². The molecule has 0 unspecified atom stereocenters. The molecule has 108 valence electrons. The van der Waals surface area contributed by atoms with Crippen molar-refractivity contribution in [3.05, 3.63) is 18.0 Å². The molecule has 1 saturated heterocycles. The second-order valence-corrected chi connectivity index (χ2v) is 5.39. The monoisotopic (exact) mass is 274 g/mol. The molecule has 1 aliphatic rings. The van der Waals surface area contributed by atoms with Gasteiger partial charge in [0.25, 0.3) is 0 Å². The first-order chi connectivity index (χ1) is 9.78. The molecule has 3 rings (SSSR count). The lowest BCUT2D eigenvalue weighted by Crippen LogP contribution is -2.31. The molecule has 0 radical (unpaired) electrons. The first-order valence-corrected chi connectivity index (χ1v) is 7.44. The van der Waals surface area contributed by atoms with Gasteiger partial charge in [0.15, 0.2) is 11.5 Å². The van der Waals surface area contributed by atoms with E-state index in [0.29, 0.717) is 0 Å². The van der Waals surface area contributed by atoms with Gasteiger partial charge in [-0.05, 0) is 45.0 Å². The van der Waals surface area contributed by atoms with E-state index in [1.807, 2.05) is 17.5 Å². The summed E-state index contributed by atoms with van der Waals surface area (Å²) in [6.07, 6.45) is 2.42. The zero-order valence-corrected chi connectivity index (χ0v) is 12.3. The lowest BCUT2D eigenvalue weighted by molar-refractivity contribution is 0.294. The summed E-state index contributed by atoms with van der Waals surface area (Å²) in [5.41, 5.74) is 0.814. The van der Waals surface area contributed by atoms with Gasteiger partial charge in [0.1, 0.15) is 5.82 Å². The molecule has 0 aliphatic carbocycles. The van der Waals surface area contributed by atoms with E-state index in [1.165, 1.54) is 25.9 Å². The van der Waals surface area contributed by atoms with Crippen LogP contribution in [0.1, 0.15) is 25.6 Å². The molecule has 0 N–H and O–H groups in total. The molecule has 0 bridgehead atoms. The zero-order chi connectivity index (χ0) is 13.9. The first-order valence-electron chi connectivity index (χ1n) is 7.44. The van der Waals surface area contributed by atoms with Gasteiger partial charge < -0.3 is 9.80 Å².